The number of thiazole rings is 1. The van der Waals surface area contributed by atoms with Crippen molar-refractivity contribution in [2.75, 3.05) is 18.8 Å². The maximum absolute atomic E-state index is 12.4. The van der Waals surface area contributed by atoms with Crippen LogP contribution in [0, 0.1) is 0 Å². The number of amides is 1. The third kappa shape index (κ3) is 5.74. The molecule has 1 fully saturated rings. The van der Waals surface area contributed by atoms with Crippen LogP contribution in [0.1, 0.15) is 25.3 Å². The first-order chi connectivity index (χ1) is 14.9. The van der Waals surface area contributed by atoms with Gasteiger partial charge in [0.1, 0.15) is 0 Å². The highest BCUT2D eigenvalue weighted by Crippen LogP contribution is 2.38. The molecule has 0 spiro atoms. The Labute approximate surface area is 204 Å². The van der Waals surface area contributed by atoms with Crippen molar-refractivity contribution in [2.24, 2.45) is 0 Å². The first kappa shape index (κ1) is 22.9. The van der Waals surface area contributed by atoms with E-state index in [-0.39, 0.29) is 11.9 Å². The molecule has 0 saturated carbocycles. The molecule has 1 aliphatic rings. The molecule has 3 aromatic rings. The van der Waals surface area contributed by atoms with E-state index in [4.69, 9.17) is 28.9 Å². The van der Waals surface area contributed by atoms with Gasteiger partial charge < -0.3 is 5.73 Å². The van der Waals surface area contributed by atoms with Crippen molar-refractivity contribution in [1.82, 2.24) is 14.2 Å². The lowest BCUT2D eigenvalue weighted by Gasteiger charge is -2.37. The fraction of sp³-hybridized carbons (Fsp3) is 0.333. The summed E-state index contributed by atoms with van der Waals surface area (Å²) in [7, 11) is 0. The van der Waals surface area contributed by atoms with Crippen molar-refractivity contribution in [3.05, 3.63) is 51.3 Å². The number of benzene rings is 1. The topological polar surface area (TPSA) is 62.5 Å². The summed E-state index contributed by atoms with van der Waals surface area (Å²) in [5.41, 5.74) is 7.80. The molecule has 0 aliphatic carbocycles. The Morgan fingerprint density at radius 1 is 1.26 bits per heavy atom. The number of carbonyl (C=O) groups is 1. The number of nitrogens with two attached hydrogens (primary N) is 1. The molecule has 1 amide bonds. The average Bonchev–Trinajstić information content (AvgIpc) is 3.38. The zero-order chi connectivity index (χ0) is 22.0. The summed E-state index contributed by atoms with van der Waals surface area (Å²) in [6.45, 7) is 4.35. The van der Waals surface area contributed by atoms with Crippen LogP contribution in [0.3, 0.4) is 0 Å². The first-order valence-corrected chi connectivity index (χ1v) is 13.1. The van der Waals surface area contributed by atoms with Crippen molar-refractivity contribution in [3.8, 4) is 10.6 Å². The minimum atomic E-state index is 0.0841. The van der Waals surface area contributed by atoms with Gasteiger partial charge in [-0.25, -0.2) is 4.98 Å². The molecule has 1 aromatic carbocycles. The van der Waals surface area contributed by atoms with Crippen LogP contribution in [-0.4, -0.2) is 39.2 Å². The number of aromatic nitrogens is 1. The van der Waals surface area contributed by atoms with Crippen LogP contribution in [0.4, 0.5) is 5.13 Å². The normalized spacial score (nSPS) is 15.3. The molecule has 164 valence electrons. The highest BCUT2D eigenvalue weighted by Gasteiger charge is 2.28. The molecular weight excluding hydrogens is 491 g/mol. The number of piperidine rings is 1. The van der Waals surface area contributed by atoms with Gasteiger partial charge in [0.2, 0.25) is 5.91 Å². The van der Waals surface area contributed by atoms with Crippen molar-refractivity contribution < 1.29 is 4.79 Å². The van der Waals surface area contributed by atoms with E-state index >= 15 is 0 Å². The number of halogens is 2. The molecule has 2 N–H and O–H groups in total. The number of likely N-dealkylation sites (tertiary alicyclic amines) is 1. The first-order valence-electron chi connectivity index (χ1n) is 9.84. The van der Waals surface area contributed by atoms with Gasteiger partial charge in [-0.2, -0.15) is 0 Å². The van der Waals surface area contributed by atoms with Gasteiger partial charge in [0.25, 0.3) is 0 Å². The van der Waals surface area contributed by atoms with Crippen LogP contribution >= 0.6 is 57.8 Å². The van der Waals surface area contributed by atoms with E-state index in [0.717, 1.165) is 52.8 Å². The Kier molecular flexibility index (Phi) is 7.46. The molecule has 4 rings (SSSR count). The van der Waals surface area contributed by atoms with Gasteiger partial charge in [-0.1, -0.05) is 29.3 Å². The van der Waals surface area contributed by atoms with E-state index < -0.39 is 0 Å². The molecule has 0 bridgehead atoms. The van der Waals surface area contributed by atoms with E-state index in [9.17, 15) is 4.79 Å². The summed E-state index contributed by atoms with van der Waals surface area (Å²) in [4.78, 5) is 20.2. The molecule has 0 radical (unpaired) electrons. The number of nitrogens with zero attached hydrogens (tertiary/aromatic N) is 3. The number of rotatable bonds is 6. The fourth-order valence-corrected chi connectivity index (χ4v) is 6.74. The highest BCUT2D eigenvalue weighted by atomic mass is 35.5. The van der Waals surface area contributed by atoms with E-state index in [2.05, 4.69) is 16.0 Å². The third-order valence-electron chi connectivity index (χ3n) is 5.13. The monoisotopic (exact) mass is 512 g/mol. The number of hydrogen-bond donors (Lipinski definition) is 1. The molecule has 5 nitrogen and oxygen atoms in total. The second-order valence-corrected chi connectivity index (χ2v) is 11.4. The Morgan fingerprint density at radius 3 is 2.68 bits per heavy atom. The minimum absolute atomic E-state index is 0.0841. The maximum atomic E-state index is 12.4. The van der Waals surface area contributed by atoms with Crippen LogP contribution < -0.4 is 5.73 Å². The Morgan fingerprint density at radius 2 is 2.03 bits per heavy atom. The lowest BCUT2D eigenvalue weighted by atomic mass is 10.0. The average molecular weight is 514 g/mol. The predicted molar refractivity (Wildman–Crippen MR) is 133 cm³/mol. The lowest BCUT2D eigenvalue weighted by Crippen LogP contribution is -2.43. The van der Waals surface area contributed by atoms with E-state index in [1.807, 2.05) is 34.0 Å². The predicted octanol–water partition coefficient (Wildman–Crippen LogP) is 6.28. The Balaban J connectivity index is 1.36. The van der Waals surface area contributed by atoms with Gasteiger partial charge in [-0.3, -0.25) is 14.0 Å². The number of carbonyl (C=O) groups excluding carboxylic acids is 1. The summed E-state index contributed by atoms with van der Waals surface area (Å²) in [6, 6.07) is 10.1. The summed E-state index contributed by atoms with van der Waals surface area (Å²) in [5, 5.41) is 3.69. The van der Waals surface area contributed by atoms with Crippen molar-refractivity contribution in [2.45, 2.75) is 36.6 Å². The molecular formula is C21H22Cl2N4OS3. The minimum Gasteiger partial charge on any atom is -0.375 e. The van der Waals surface area contributed by atoms with Crippen molar-refractivity contribution in [3.63, 3.8) is 0 Å². The number of thiophene rings is 1. The number of anilines is 1. The SMILES string of the molecule is CC(=O)N(Sc1ccc(-c2csc(N)n2)s1)C1CCN(Cc2ccc(Cl)c(Cl)c2)CC1. The zero-order valence-corrected chi connectivity index (χ0v) is 20.8. The lowest BCUT2D eigenvalue weighted by molar-refractivity contribution is -0.125. The van der Waals surface area contributed by atoms with Crippen LogP contribution in [0.25, 0.3) is 10.6 Å². The van der Waals surface area contributed by atoms with Gasteiger partial charge in [-0.15, -0.1) is 22.7 Å². The van der Waals surface area contributed by atoms with Gasteiger partial charge >= 0.3 is 0 Å². The molecule has 31 heavy (non-hydrogen) atoms. The van der Waals surface area contributed by atoms with Crippen LogP contribution in [0.5, 0.6) is 0 Å². The van der Waals surface area contributed by atoms with Crippen LogP contribution in [0.2, 0.25) is 10.0 Å². The number of nitrogen functional groups attached to an aromatic ring is 1. The van der Waals surface area contributed by atoms with E-state index in [1.54, 1.807) is 18.3 Å². The standard InChI is InChI=1S/C21H22Cl2N4OS3/c1-13(28)27(31-20-5-4-19(30-20)18-12-29-21(24)25-18)15-6-8-26(9-7-15)11-14-2-3-16(22)17(23)10-14/h2-5,10,12,15H,6-9,11H2,1H3,(H2,24,25). The third-order valence-corrected chi connectivity index (χ3v) is 8.99. The zero-order valence-electron chi connectivity index (χ0n) is 16.9. The van der Waals surface area contributed by atoms with E-state index in [1.165, 1.54) is 23.3 Å². The molecule has 1 saturated heterocycles. The summed E-state index contributed by atoms with van der Waals surface area (Å²) in [5.74, 6) is 0.0841. The molecule has 0 unspecified atom stereocenters. The molecule has 0 atom stereocenters. The molecule has 3 heterocycles. The molecule has 10 heteroatoms. The van der Waals surface area contributed by atoms with E-state index in [0.29, 0.717) is 15.2 Å². The smallest absolute Gasteiger partial charge is 0.229 e. The second-order valence-electron chi connectivity index (χ2n) is 7.38. The molecule has 1 aliphatic heterocycles. The quantitative estimate of drug-likeness (QED) is 0.393. The van der Waals surface area contributed by atoms with Gasteiger partial charge in [0.05, 0.1) is 24.8 Å². The van der Waals surface area contributed by atoms with Crippen LogP contribution in [-0.2, 0) is 11.3 Å². The Hall–Kier alpha value is -1.29. The van der Waals surface area contributed by atoms with Crippen LogP contribution in [0.15, 0.2) is 39.9 Å². The van der Waals surface area contributed by atoms with Crippen molar-refractivity contribution >= 4 is 68.9 Å². The summed E-state index contributed by atoms with van der Waals surface area (Å²) in [6.07, 6.45) is 1.88. The largest absolute Gasteiger partial charge is 0.375 e. The second kappa shape index (κ2) is 10.1. The van der Waals surface area contributed by atoms with Gasteiger partial charge in [0.15, 0.2) is 5.13 Å². The Bertz CT molecular complexity index is 1060. The summed E-state index contributed by atoms with van der Waals surface area (Å²) < 4.78 is 3.01. The van der Waals surface area contributed by atoms with Crippen molar-refractivity contribution in [1.29, 1.82) is 0 Å². The maximum Gasteiger partial charge on any atom is 0.229 e. The molecule has 2 aromatic heterocycles. The van der Waals surface area contributed by atoms with Gasteiger partial charge in [0, 0.05) is 49.9 Å². The van der Waals surface area contributed by atoms with Gasteiger partial charge in [-0.05, 0) is 42.7 Å². The summed E-state index contributed by atoms with van der Waals surface area (Å²) >= 11 is 16.8. The highest BCUT2D eigenvalue weighted by molar-refractivity contribution is 7.99. The number of hydrogen-bond acceptors (Lipinski definition) is 7. The fourth-order valence-electron chi connectivity index (χ4n) is 3.61.